The minimum absolute atomic E-state index is 0.0824. The average molecular weight is 464 g/mol. The first-order valence-corrected chi connectivity index (χ1v) is 11.0. The van der Waals surface area contributed by atoms with Gasteiger partial charge in [0.1, 0.15) is 30.2 Å². The van der Waals surface area contributed by atoms with Gasteiger partial charge in [0.2, 0.25) is 0 Å². The first-order chi connectivity index (χ1) is 16.3. The van der Waals surface area contributed by atoms with Crippen molar-refractivity contribution in [3.05, 3.63) is 41.9 Å². The molecule has 1 amide bonds. The van der Waals surface area contributed by atoms with Gasteiger partial charge in [-0.15, -0.1) is 0 Å². The molecule has 4 heterocycles. The van der Waals surface area contributed by atoms with Crippen molar-refractivity contribution in [3.63, 3.8) is 0 Å². The highest BCUT2D eigenvalue weighted by atomic mass is 16.5. The lowest BCUT2D eigenvalue weighted by atomic mass is 9.92. The molecule has 2 aliphatic heterocycles. The fraction of sp³-hybridized carbons (Fsp3) is 0.348. The van der Waals surface area contributed by atoms with Crippen molar-refractivity contribution in [3.8, 4) is 28.7 Å². The fourth-order valence-electron chi connectivity index (χ4n) is 4.43. The Morgan fingerprint density at radius 2 is 1.97 bits per heavy atom. The molecule has 11 heteroatoms. The maximum atomic E-state index is 11.9. The number of fused-ring (bicyclic) bond motifs is 3. The normalized spacial score (nSPS) is 15.6. The second kappa shape index (κ2) is 8.32. The van der Waals surface area contributed by atoms with E-state index in [1.807, 2.05) is 47.5 Å². The molecule has 0 atom stereocenters. The maximum absolute atomic E-state index is 11.9. The van der Waals surface area contributed by atoms with Crippen LogP contribution >= 0.6 is 0 Å². The first kappa shape index (κ1) is 21.7. The van der Waals surface area contributed by atoms with Gasteiger partial charge in [0.05, 0.1) is 24.2 Å². The van der Waals surface area contributed by atoms with Gasteiger partial charge in [0.15, 0.2) is 5.82 Å². The number of aromatic nitrogens is 5. The van der Waals surface area contributed by atoms with E-state index in [9.17, 15) is 19.8 Å². The standard InChI is InChI=1S/C23H24N6O5/c1-13(2)29-21(24-12-25-29)18-11-27-7-8-34-19-9-14(3-4-16(19)20(27)26-18)15-5-6-28(23(32)33)10-17(15)22(30)31/h3-4,9,11-13H,5-8,10H2,1-2H3,(H,30,31)(H,32,33). The van der Waals surface area contributed by atoms with Crippen LogP contribution in [0.1, 0.15) is 31.9 Å². The number of ether oxygens (including phenoxy) is 1. The maximum Gasteiger partial charge on any atom is 0.407 e. The minimum atomic E-state index is -1.13. The Morgan fingerprint density at radius 1 is 1.15 bits per heavy atom. The van der Waals surface area contributed by atoms with E-state index in [0.717, 1.165) is 22.0 Å². The number of amides is 1. The molecule has 0 fully saturated rings. The van der Waals surface area contributed by atoms with Crippen LogP contribution in [0.25, 0.3) is 28.5 Å². The van der Waals surface area contributed by atoms with Crippen LogP contribution in [0.15, 0.2) is 36.3 Å². The summed E-state index contributed by atoms with van der Waals surface area (Å²) in [7, 11) is 0. The SMILES string of the molecule is CC(C)n1ncnc1-c1cn2c(n1)-c1ccc(C3=C(C(=O)O)CN(C(=O)O)CC3)cc1OCC2. The van der Waals surface area contributed by atoms with Crippen LogP contribution in [-0.4, -0.2) is 71.2 Å². The molecule has 2 N–H and O–H groups in total. The molecule has 0 aliphatic carbocycles. The summed E-state index contributed by atoms with van der Waals surface area (Å²) < 4.78 is 9.85. The third-order valence-corrected chi connectivity index (χ3v) is 6.10. The molecule has 2 aromatic heterocycles. The van der Waals surface area contributed by atoms with Crippen molar-refractivity contribution in [2.24, 2.45) is 0 Å². The van der Waals surface area contributed by atoms with Crippen LogP contribution in [0.2, 0.25) is 0 Å². The largest absolute Gasteiger partial charge is 0.491 e. The number of imidazole rings is 1. The van der Waals surface area contributed by atoms with E-state index in [4.69, 9.17) is 9.72 Å². The summed E-state index contributed by atoms with van der Waals surface area (Å²) >= 11 is 0. The summed E-state index contributed by atoms with van der Waals surface area (Å²) in [5.41, 5.74) is 2.92. The number of aliphatic carboxylic acids is 1. The highest BCUT2D eigenvalue weighted by molar-refractivity contribution is 5.98. The van der Waals surface area contributed by atoms with Gasteiger partial charge in [-0.3, -0.25) is 0 Å². The molecule has 2 aliphatic rings. The van der Waals surface area contributed by atoms with E-state index in [1.165, 1.54) is 6.33 Å². The van der Waals surface area contributed by atoms with E-state index in [1.54, 1.807) is 0 Å². The van der Waals surface area contributed by atoms with E-state index < -0.39 is 12.1 Å². The third-order valence-electron chi connectivity index (χ3n) is 6.10. The van der Waals surface area contributed by atoms with Gasteiger partial charge >= 0.3 is 12.1 Å². The molecule has 0 unspecified atom stereocenters. The van der Waals surface area contributed by atoms with Crippen molar-refractivity contribution in [2.45, 2.75) is 32.9 Å². The van der Waals surface area contributed by atoms with Gasteiger partial charge in [-0.1, -0.05) is 6.07 Å². The molecular weight excluding hydrogens is 440 g/mol. The molecular formula is C23H24N6O5. The highest BCUT2D eigenvalue weighted by Gasteiger charge is 2.28. The topological polar surface area (TPSA) is 136 Å². The predicted octanol–water partition coefficient (Wildman–Crippen LogP) is 3.00. The zero-order valence-electron chi connectivity index (χ0n) is 18.8. The van der Waals surface area contributed by atoms with E-state index in [0.29, 0.717) is 42.3 Å². The predicted molar refractivity (Wildman–Crippen MR) is 121 cm³/mol. The van der Waals surface area contributed by atoms with Crippen molar-refractivity contribution < 1.29 is 24.5 Å². The Morgan fingerprint density at radius 3 is 2.71 bits per heavy atom. The Bertz CT molecular complexity index is 1320. The summed E-state index contributed by atoms with van der Waals surface area (Å²) in [6.07, 6.45) is 2.65. The van der Waals surface area contributed by atoms with Gasteiger partial charge < -0.3 is 24.4 Å². The Hall–Kier alpha value is -4.15. The van der Waals surface area contributed by atoms with Gasteiger partial charge in [-0.2, -0.15) is 5.10 Å². The van der Waals surface area contributed by atoms with Gasteiger partial charge in [0.25, 0.3) is 0 Å². The number of carboxylic acids is 1. The van der Waals surface area contributed by atoms with Gasteiger partial charge in [0, 0.05) is 18.8 Å². The minimum Gasteiger partial charge on any atom is -0.491 e. The molecule has 0 saturated heterocycles. The number of carboxylic acid groups (broad SMARTS) is 2. The molecule has 0 bridgehead atoms. The lowest BCUT2D eigenvalue weighted by molar-refractivity contribution is -0.132. The van der Waals surface area contributed by atoms with Gasteiger partial charge in [-0.05, 0) is 43.5 Å². The van der Waals surface area contributed by atoms with Crippen molar-refractivity contribution in [1.29, 1.82) is 0 Å². The van der Waals surface area contributed by atoms with E-state index in [2.05, 4.69) is 10.1 Å². The molecule has 1 aromatic carbocycles. The number of nitrogens with zero attached hydrogens (tertiary/aromatic N) is 6. The van der Waals surface area contributed by atoms with E-state index in [-0.39, 0.29) is 24.7 Å². The van der Waals surface area contributed by atoms with Crippen LogP contribution < -0.4 is 4.74 Å². The summed E-state index contributed by atoms with van der Waals surface area (Å²) in [6.45, 7) is 5.17. The quantitative estimate of drug-likeness (QED) is 0.601. The summed E-state index contributed by atoms with van der Waals surface area (Å²) in [6, 6.07) is 5.69. The molecule has 0 spiro atoms. The lowest BCUT2D eigenvalue weighted by Crippen LogP contribution is -2.37. The fourth-order valence-corrected chi connectivity index (χ4v) is 4.43. The van der Waals surface area contributed by atoms with Crippen LogP contribution in [0.5, 0.6) is 5.75 Å². The molecule has 176 valence electrons. The van der Waals surface area contributed by atoms with E-state index >= 15 is 0 Å². The Kier molecular flexibility index (Phi) is 5.31. The summed E-state index contributed by atoms with van der Waals surface area (Å²) in [5, 5.41) is 23.3. The summed E-state index contributed by atoms with van der Waals surface area (Å²) in [4.78, 5) is 33.5. The number of carbonyl (C=O) groups is 2. The Labute approximate surface area is 194 Å². The smallest absolute Gasteiger partial charge is 0.407 e. The van der Waals surface area contributed by atoms with Crippen molar-refractivity contribution in [1.82, 2.24) is 29.2 Å². The number of rotatable bonds is 4. The number of benzene rings is 1. The second-order valence-electron chi connectivity index (χ2n) is 8.54. The molecule has 34 heavy (non-hydrogen) atoms. The zero-order valence-corrected chi connectivity index (χ0v) is 18.8. The second-order valence-corrected chi connectivity index (χ2v) is 8.54. The van der Waals surface area contributed by atoms with Crippen molar-refractivity contribution >= 4 is 17.6 Å². The average Bonchev–Trinajstić information content (AvgIpc) is 3.43. The Balaban J connectivity index is 1.55. The molecule has 11 nitrogen and oxygen atoms in total. The van der Waals surface area contributed by atoms with Crippen LogP contribution in [0.4, 0.5) is 4.79 Å². The molecule has 0 radical (unpaired) electrons. The zero-order chi connectivity index (χ0) is 24.0. The first-order valence-electron chi connectivity index (χ1n) is 11.0. The molecule has 5 rings (SSSR count). The highest BCUT2D eigenvalue weighted by Crippen LogP contribution is 2.38. The van der Waals surface area contributed by atoms with Crippen LogP contribution in [-0.2, 0) is 11.3 Å². The molecule has 3 aromatic rings. The number of hydrogen-bond acceptors (Lipinski definition) is 6. The lowest BCUT2D eigenvalue weighted by Gasteiger charge is -2.27. The number of hydrogen-bond donors (Lipinski definition) is 2. The van der Waals surface area contributed by atoms with Crippen molar-refractivity contribution in [2.75, 3.05) is 19.7 Å². The third kappa shape index (κ3) is 3.68. The van der Waals surface area contributed by atoms with Gasteiger partial charge in [-0.25, -0.2) is 24.2 Å². The summed E-state index contributed by atoms with van der Waals surface area (Å²) in [5.74, 6) is 0.916. The van der Waals surface area contributed by atoms with Crippen LogP contribution in [0, 0.1) is 0 Å². The molecule has 0 saturated carbocycles. The van der Waals surface area contributed by atoms with Crippen LogP contribution in [0.3, 0.4) is 0 Å². The monoisotopic (exact) mass is 464 g/mol.